The van der Waals surface area contributed by atoms with E-state index in [1.54, 1.807) is 10.8 Å². The van der Waals surface area contributed by atoms with Gasteiger partial charge in [0, 0.05) is 37.8 Å². The number of carbonyl (C=O) groups is 1. The van der Waals surface area contributed by atoms with E-state index in [0.717, 1.165) is 61.2 Å². The SMILES string of the molecule is CCn1c(N2CCCNCC2)c(C=O)c2ncn(Cc3nccc4ccccc34)c(=O)c21. The summed E-state index contributed by atoms with van der Waals surface area (Å²) in [6.07, 6.45) is 5.12. The van der Waals surface area contributed by atoms with Crippen LogP contribution in [0.25, 0.3) is 21.8 Å². The molecule has 0 unspecified atom stereocenters. The molecule has 8 heteroatoms. The van der Waals surface area contributed by atoms with Crippen molar-refractivity contribution in [3.8, 4) is 0 Å². The molecule has 1 saturated heterocycles. The van der Waals surface area contributed by atoms with Gasteiger partial charge in [0.1, 0.15) is 16.9 Å². The lowest BCUT2D eigenvalue weighted by Gasteiger charge is -2.24. The second-order valence-corrected chi connectivity index (χ2v) is 8.04. The topological polar surface area (TPSA) is 85.0 Å². The number of rotatable bonds is 5. The van der Waals surface area contributed by atoms with Crippen molar-refractivity contribution in [1.29, 1.82) is 0 Å². The van der Waals surface area contributed by atoms with Crippen molar-refractivity contribution >= 4 is 33.9 Å². The molecule has 0 amide bonds. The van der Waals surface area contributed by atoms with Gasteiger partial charge in [-0.15, -0.1) is 0 Å². The molecule has 3 aromatic heterocycles. The summed E-state index contributed by atoms with van der Waals surface area (Å²) in [5.41, 5.74) is 2.10. The molecule has 1 aliphatic heterocycles. The van der Waals surface area contributed by atoms with Crippen molar-refractivity contribution in [2.75, 3.05) is 31.1 Å². The van der Waals surface area contributed by atoms with Crippen molar-refractivity contribution in [2.24, 2.45) is 0 Å². The van der Waals surface area contributed by atoms with Crippen LogP contribution in [0, 0.1) is 0 Å². The van der Waals surface area contributed by atoms with Gasteiger partial charge in [0.05, 0.1) is 24.1 Å². The highest BCUT2D eigenvalue weighted by Gasteiger charge is 2.25. The third-order valence-electron chi connectivity index (χ3n) is 6.19. The second-order valence-electron chi connectivity index (χ2n) is 8.04. The minimum Gasteiger partial charge on any atom is -0.356 e. The highest BCUT2D eigenvalue weighted by molar-refractivity contribution is 6.01. The van der Waals surface area contributed by atoms with Crippen molar-refractivity contribution in [2.45, 2.75) is 26.4 Å². The first-order chi connectivity index (χ1) is 15.7. The van der Waals surface area contributed by atoms with E-state index in [9.17, 15) is 9.59 Å². The fourth-order valence-corrected chi connectivity index (χ4v) is 4.67. The Hall–Kier alpha value is -3.52. The molecule has 4 aromatic rings. The Morgan fingerprint density at radius 1 is 1.12 bits per heavy atom. The highest BCUT2D eigenvalue weighted by Crippen LogP contribution is 2.29. The number of nitrogens with one attached hydrogen (secondary N) is 1. The molecule has 1 aliphatic rings. The molecule has 0 atom stereocenters. The lowest BCUT2D eigenvalue weighted by Crippen LogP contribution is -2.31. The van der Waals surface area contributed by atoms with Gasteiger partial charge >= 0.3 is 0 Å². The molecule has 1 fully saturated rings. The van der Waals surface area contributed by atoms with E-state index < -0.39 is 0 Å². The Balaban J connectivity index is 1.66. The van der Waals surface area contributed by atoms with Crippen molar-refractivity contribution in [1.82, 2.24) is 24.4 Å². The number of anilines is 1. The van der Waals surface area contributed by atoms with E-state index in [-0.39, 0.29) is 5.56 Å². The molecule has 0 bridgehead atoms. The number of aromatic nitrogens is 4. The Morgan fingerprint density at radius 3 is 2.84 bits per heavy atom. The quantitative estimate of drug-likeness (QED) is 0.490. The van der Waals surface area contributed by atoms with E-state index >= 15 is 0 Å². The van der Waals surface area contributed by atoms with Gasteiger partial charge in [0.2, 0.25) is 0 Å². The van der Waals surface area contributed by atoms with E-state index in [1.807, 2.05) is 41.8 Å². The van der Waals surface area contributed by atoms with Gasteiger partial charge in [-0.2, -0.15) is 0 Å². The van der Waals surface area contributed by atoms with Crippen LogP contribution in [0.1, 0.15) is 29.4 Å². The highest BCUT2D eigenvalue weighted by atomic mass is 16.1. The number of nitrogens with zero attached hydrogens (tertiary/aromatic N) is 5. The van der Waals surface area contributed by atoms with E-state index in [0.29, 0.717) is 29.7 Å². The maximum absolute atomic E-state index is 13.6. The molecule has 1 aromatic carbocycles. The van der Waals surface area contributed by atoms with Crippen LogP contribution in [-0.2, 0) is 13.1 Å². The maximum Gasteiger partial charge on any atom is 0.278 e. The molecular weight excluding hydrogens is 404 g/mol. The van der Waals surface area contributed by atoms with Crippen LogP contribution in [0.2, 0.25) is 0 Å². The number of fused-ring (bicyclic) bond motifs is 2. The first-order valence-electron chi connectivity index (χ1n) is 11.1. The zero-order valence-corrected chi connectivity index (χ0v) is 18.1. The second kappa shape index (κ2) is 8.55. The summed E-state index contributed by atoms with van der Waals surface area (Å²) in [5.74, 6) is 0.798. The summed E-state index contributed by atoms with van der Waals surface area (Å²) in [4.78, 5) is 37.0. The minimum atomic E-state index is -0.158. The molecule has 0 radical (unpaired) electrons. The van der Waals surface area contributed by atoms with Crippen LogP contribution in [-0.4, -0.2) is 51.6 Å². The Kier molecular flexibility index (Phi) is 5.45. The molecule has 0 aliphatic carbocycles. The number of benzene rings is 1. The van der Waals surface area contributed by atoms with E-state index in [1.165, 1.54) is 6.33 Å². The fraction of sp³-hybridized carbons (Fsp3) is 0.333. The lowest BCUT2D eigenvalue weighted by molar-refractivity contribution is 0.112. The van der Waals surface area contributed by atoms with Crippen LogP contribution < -0.4 is 15.8 Å². The van der Waals surface area contributed by atoms with Crippen LogP contribution in [0.5, 0.6) is 0 Å². The summed E-state index contributed by atoms with van der Waals surface area (Å²) in [6, 6.07) is 9.97. The van der Waals surface area contributed by atoms with Gasteiger partial charge in [-0.1, -0.05) is 24.3 Å². The summed E-state index contributed by atoms with van der Waals surface area (Å²) in [5, 5.41) is 5.48. The van der Waals surface area contributed by atoms with Gasteiger partial charge < -0.3 is 14.8 Å². The average molecular weight is 431 g/mol. The molecular formula is C24H26N6O2. The Morgan fingerprint density at radius 2 is 2.00 bits per heavy atom. The summed E-state index contributed by atoms with van der Waals surface area (Å²) < 4.78 is 3.54. The first-order valence-corrected chi connectivity index (χ1v) is 11.1. The number of aryl methyl sites for hydroxylation is 1. The van der Waals surface area contributed by atoms with Crippen molar-refractivity contribution in [3.63, 3.8) is 0 Å². The number of pyridine rings is 1. The van der Waals surface area contributed by atoms with Crippen molar-refractivity contribution in [3.05, 3.63) is 64.5 Å². The monoisotopic (exact) mass is 430 g/mol. The van der Waals surface area contributed by atoms with Crippen LogP contribution in [0.3, 0.4) is 0 Å². The Labute approximate surface area is 185 Å². The third kappa shape index (κ3) is 3.36. The lowest BCUT2D eigenvalue weighted by atomic mass is 10.1. The number of aldehydes is 1. The summed E-state index contributed by atoms with van der Waals surface area (Å²) in [6.45, 7) is 6.30. The van der Waals surface area contributed by atoms with Gasteiger partial charge in [-0.05, 0) is 31.3 Å². The zero-order chi connectivity index (χ0) is 22.1. The predicted octanol–water partition coefficient (Wildman–Crippen LogP) is 2.43. The van der Waals surface area contributed by atoms with Gasteiger partial charge in [0.15, 0.2) is 6.29 Å². The molecule has 8 nitrogen and oxygen atoms in total. The summed E-state index contributed by atoms with van der Waals surface area (Å²) in [7, 11) is 0. The predicted molar refractivity (Wildman–Crippen MR) is 126 cm³/mol. The molecule has 0 saturated carbocycles. The van der Waals surface area contributed by atoms with Crippen molar-refractivity contribution < 1.29 is 4.79 Å². The molecule has 5 rings (SSSR count). The third-order valence-corrected chi connectivity index (χ3v) is 6.19. The van der Waals surface area contributed by atoms with Crippen LogP contribution in [0.15, 0.2) is 47.7 Å². The fourth-order valence-electron chi connectivity index (χ4n) is 4.67. The normalized spacial score (nSPS) is 14.7. The van der Waals surface area contributed by atoms with Crippen LogP contribution >= 0.6 is 0 Å². The Bertz CT molecular complexity index is 1340. The molecule has 32 heavy (non-hydrogen) atoms. The van der Waals surface area contributed by atoms with E-state index in [4.69, 9.17) is 0 Å². The maximum atomic E-state index is 13.6. The van der Waals surface area contributed by atoms with Gasteiger partial charge in [0.25, 0.3) is 5.56 Å². The molecule has 4 heterocycles. The van der Waals surface area contributed by atoms with Gasteiger partial charge in [-0.3, -0.25) is 19.1 Å². The average Bonchev–Trinajstić information content (AvgIpc) is 2.95. The van der Waals surface area contributed by atoms with Gasteiger partial charge in [-0.25, -0.2) is 4.98 Å². The van der Waals surface area contributed by atoms with Crippen LogP contribution in [0.4, 0.5) is 5.82 Å². The standard InChI is InChI=1S/C24H26N6O2/c1-2-30-22-21(19(15-31)23(30)28-12-5-9-25-11-13-28)27-16-29(24(22)32)14-20-18-7-4-3-6-17(18)8-10-26-20/h3-4,6-8,10,15-16,25H,2,5,9,11-14H2,1H3. The zero-order valence-electron chi connectivity index (χ0n) is 18.1. The largest absolute Gasteiger partial charge is 0.356 e. The summed E-state index contributed by atoms with van der Waals surface area (Å²) >= 11 is 0. The molecule has 1 N–H and O–H groups in total. The number of hydrogen-bond donors (Lipinski definition) is 1. The smallest absolute Gasteiger partial charge is 0.278 e. The minimum absolute atomic E-state index is 0.158. The molecule has 164 valence electrons. The molecule has 0 spiro atoms. The number of hydrogen-bond acceptors (Lipinski definition) is 6. The first kappa shape index (κ1) is 20.4. The van der Waals surface area contributed by atoms with E-state index in [2.05, 4.69) is 20.2 Å². The number of carbonyl (C=O) groups excluding carboxylic acids is 1.